The summed E-state index contributed by atoms with van der Waals surface area (Å²) in [5.41, 5.74) is 1.79. The van der Waals surface area contributed by atoms with Gasteiger partial charge in [0.2, 0.25) is 15.9 Å². The maximum atomic E-state index is 13.1. The van der Waals surface area contributed by atoms with Crippen molar-refractivity contribution in [1.82, 2.24) is 9.21 Å². The SMILES string of the molecule is CC(=O)N1CCN(S(=O)(=O)c2ccccc2)[C@H]1c1ccc(N(C)C)cc1. The van der Waals surface area contributed by atoms with Gasteiger partial charge in [-0.05, 0) is 29.8 Å². The molecule has 1 fully saturated rings. The maximum absolute atomic E-state index is 13.1. The molecule has 2 aromatic rings. The summed E-state index contributed by atoms with van der Waals surface area (Å²) in [4.78, 5) is 15.9. The first-order valence-corrected chi connectivity index (χ1v) is 9.88. The first-order chi connectivity index (χ1) is 12.3. The number of carbonyl (C=O) groups is 1. The molecule has 3 rings (SSSR count). The van der Waals surface area contributed by atoms with Crippen LogP contribution in [0.3, 0.4) is 0 Å². The van der Waals surface area contributed by atoms with E-state index in [-0.39, 0.29) is 17.3 Å². The van der Waals surface area contributed by atoms with Crippen LogP contribution in [0.1, 0.15) is 18.7 Å². The first kappa shape index (κ1) is 18.4. The topological polar surface area (TPSA) is 60.9 Å². The van der Waals surface area contributed by atoms with Crippen molar-refractivity contribution >= 4 is 21.6 Å². The first-order valence-electron chi connectivity index (χ1n) is 8.44. The van der Waals surface area contributed by atoms with Crippen LogP contribution in [0.15, 0.2) is 59.5 Å². The summed E-state index contributed by atoms with van der Waals surface area (Å²) in [5.74, 6) is -0.141. The lowest BCUT2D eigenvalue weighted by atomic mass is 10.1. The Morgan fingerprint density at radius 3 is 2.15 bits per heavy atom. The molecule has 0 unspecified atom stereocenters. The minimum absolute atomic E-state index is 0.141. The normalized spacial score (nSPS) is 18.1. The second-order valence-electron chi connectivity index (χ2n) is 6.50. The average molecular weight is 373 g/mol. The molecule has 1 atom stereocenters. The number of hydrogen-bond acceptors (Lipinski definition) is 4. The fraction of sp³-hybridized carbons (Fsp3) is 0.316. The zero-order valence-corrected chi connectivity index (χ0v) is 16.0. The maximum Gasteiger partial charge on any atom is 0.245 e. The Kier molecular flexibility index (Phi) is 5.02. The molecule has 7 heteroatoms. The van der Waals surface area contributed by atoms with Crippen LogP contribution in [-0.4, -0.2) is 50.7 Å². The van der Waals surface area contributed by atoms with E-state index in [0.29, 0.717) is 6.54 Å². The second kappa shape index (κ2) is 7.09. The van der Waals surface area contributed by atoms with Crippen molar-refractivity contribution in [1.29, 1.82) is 0 Å². The third-order valence-corrected chi connectivity index (χ3v) is 6.46. The molecule has 0 radical (unpaired) electrons. The molecule has 6 nitrogen and oxygen atoms in total. The van der Waals surface area contributed by atoms with Crippen LogP contribution in [0.4, 0.5) is 5.69 Å². The zero-order valence-electron chi connectivity index (χ0n) is 15.2. The van der Waals surface area contributed by atoms with Crippen molar-refractivity contribution in [3.05, 3.63) is 60.2 Å². The van der Waals surface area contributed by atoms with E-state index in [2.05, 4.69) is 0 Å². The van der Waals surface area contributed by atoms with Crippen molar-refractivity contribution in [3.63, 3.8) is 0 Å². The Morgan fingerprint density at radius 1 is 1.00 bits per heavy atom. The molecule has 1 heterocycles. The highest BCUT2D eigenvalue weighted by molar-refractivity contribution is 7.89. The monoisotopic (exact) mass is 373 g/mol. The van der Waals surface area contributed by atoms with Gasteiger partial charge in [0.25, 0.3) is 0 Å². The van der Waals surface area contributed by atoms with E-state index in [0.717, 1.165) is 11.3 Å². The third kappa shape index (κ3) is 3.32. The number of anilines is 1. The fourth-order valence-corrected chi connectivity index (χ4v) is 4.80. The van der Waals surface area contributed by atoms with Crippen LogP contribution in [0.2, 0.25) is 0 Å². The van der Waals surface area contributed by atoms with E-state index in [1.165, 1.54) is 11.2 Å². The van der Waals surface area contributed by atoms with Gasteiger partial charge in [-0.15, -0.1) is 0 Å². The summed E-state index contributed by atoms with van der Waals surface area (Å²) in [7, 11) is 0.186. The fourth-order valence-electron chi connectivity index (χ4n) is 3.21. The summed E-state index contributed by atoms with van der Waals surface area (Å²) in [5, 5.41) is 0. The van der Waals surface area contributed by atoms with Crippen LogP contribution in [0.5, 0.6) is 0 Å². The minimum atomic E-state index is -3.70. The van der Waals surface area contributed by atoms with Gasteiger partial charge >= 0.3 is 0 Å². The van der Waals surface area contributed by atoms with Crippen molar-refractivity contribution in [2.75, 3.05) is 32.1 Å². The van der Waals surface area contributed by atoms with Crippen molar-refractivity contribution in [2.24, 2.45) is 0 Å². The Bertz CT molecular complexity index is 880. The molecule has 0 bridgehead atoms. The van der Waals surface area contributed by atoms with E-state index >= 15 is 0 Å². The largest absolute Gasteiger partial charge is 0.378 e. The molecule has 138 valence electrons. The lowest BCUT2D eigenvalue weighted by Gasteiger charge is -2.29. The van der Waals surface area contributed by atoms with Gasteiger partial charge in [0.1, 0.15) is 6.17 Å². The Morgan fingerprint density at radius 2 is 1.62 bits per heavy atom. The van der Waals surface area contributed by atoms with Gasteiger partial charge in [0, 0.05) is 39.8 Å². The number of nitrogens with zero attached hydrogens (tertiary/aromatic N) is 3. The van der Waals surface area contributed by atoms with Gasteiger partial charge in [-0.25, -0.2) is 8.42 Å². The van der Waals surface area contributed by atoms with Gasteiger partial charge in [0.05, 0.1) is 4.90 Å². The molecule has 1 amide bonds. The molecule has 1 aliphatic rings. The second-order valence-corrected chi connectivity index (χ2v) is 8.39. The summed E-state index contributed by atoms with van der Waals surface area (Å²) < 4.78 is 27.7. The molecular weight excluding hydrogens is 350 g/mol. The van der Waals surface area contributed by atoms with Gasteiger partial charge in [-0.2, -0.15) is 4.31 Å². The molecule has 26 heavy (non-hydrogen) atoms. The Labute approximate surface area is 154 Å². The zero-order chi connectivity index (χ0) is 18.9. The molecule has 1 saturated heterocycles. The van der Waals surface area contributed by atoms with Gasteiger partial charge in [-0.3, -0.25) is 4.79 Å². The Hall–Kier alpha value is -2.38. The number of rotatable bonds is 4. The summed E-state index contributed by atoms with van der Waals surface area (Å²) in [6.07, 6.45) is -0.631. The third-order valence-electron chi connectivity index (χ3n) is 4.59. The lowest BCUT2D eigenvalue weighted by Crippen LogP contribution is -2.37. The molecule has 0 aliphatic carbocycles. The van der Waals surface area contributed by atoms with E-state index in [9.17, 15) is 13.2 Å². The van der Waals surface area contributed by atoms with Crippen LogP contribution in [0.25, 0.3) is 0 Å². The van der Waals surface area contributed by atoms with E-state index in [1.54, 1.807) is 35.2 Å². The summed E-state index contributed by atoms with van der Waals surface area (Å²) >= 11 is 0. The molecule has 1 aliphatic heterocycles. The molecule has 0 saturated carbocycles. The number of hydrogen-bond donors (Lipinski definition) is 0. The molecule has 0 aromatic heterocycles. The van der Waals surface area contributed by atoms with Gasteiger partial charge < -0.3 is 9.80 Å². The lowest BCUT2D eigenvalue weighted by molar-refractivity contribution is -0.130. The summed E-state index contributed by atoms with van der Waals surface area (Å²) in [6.45, 7) is 2.12. The number of sulfonamides is 1. The van der Waals surface area contributed by atoms with E-state index in [1.807, 2.05) is 43.3 Å². The van der Waals surface area contributed by atoms with Crippen molar-refractivity contribution in [3.8, 4) is 0 Å². The van der Waals surface area contributed by atoms with Gasteiger partial charge in [-0.1, -0.05) is 30.3 Å². The smallest absolute Gasteiger partial charge is 0.245 e. The van der Waals surface area contributed by atoms with E-state index in [4.69, 9.17) is 0 Å². The average Bonchev–Trinajstić information content (AvgIpc) is 3.08. The van der Waals surface area contributed by atoms with Crippen molar-refractivity contribution < 1.29 is 13.2 Å². The number of benzene rings is 2. The van der Waals surface area contributed by atoms with Crippen LogP contribution < -0.4 is 4.90 Å². The van der Waals surface area contributed by atoms with Crippen molar-refractivity contribution in [2.45, 2.75) is 18.0 Å². The molecule has 0 N–H and O–H groups in total. The highest BCUT2D eigenvalue weighted by Gasteiger charge is 2.42. The highest BCUT2D eigenvalue weighted by atomic mass is 32.2. The minimum Gasteiger partial charge on any atom is -0.378 e. The van der Waals surface area contributed by atoms with Crippen LogP contribution in [-0.2, 0) is 14.8 Å². The quantitative estimate of drug-likeness (QED) is 0.825. The van der Waals surface area contributed by atoms with Crippen LogP contribution in [0, 0.1) is 0 Å². The van der Waals surface area contributed by atoms with Crippen LogP contribution >= 0.6 is 0 Å². The molecule has 0 spiro atoms. The predicted octanol–water partition coefficient (Wildman–Crippen LogP) is 2.30. The number of carbonyl (C=O) groups excluding carboxylic acids is 1. The standard InChI is InChI=1S/C19H23N3O3S/c1-15(23)21-13-14-22(26(24,25)18-7-5-4-6-8-18)19(21)16-9-11-17(12-10-16)20(2)3/h4-12,19H,13-14H2,1-3H3/t19-/m0/s1. The predicted molar refractivity (Wildman–Crippen MR) is 101 cm³/mol. The van der Waals surface area contributed by atoms with E-state index < -0.39 is 16.2 Å². The molecular formula is C19H23N3O3S. The summed E-state index contributed by atoms with van der Waals surface area (Å²) in [6, 6.07) is 16.0. The molecule has 2 aromatic carbocycles. The Balaban J connectivity index is 2.03. The highest BCUT2D eigenvalue weighted by Crippen LogP contribution is 2.35. The number of amides is 1. The van der Waals surface area contributed by atoms with Gasteiger partial charge in [0.15, 0.2) is 0 Å².